The molecule has 0 bridgehead atoms. The molecule has 0 fully saturated rings. The van der Waals surface area contributed by atoms with Crippen LogP contribution < -0.4 is 9.47 Å². The minimum atomic E-state index is -0.482. The number of rotatable bonds is 8. The highest BCUT2D eigenvalue weighted by atomic mass is 16.5. The molecule has 0 radical (unpaired) electrons. The first-order valence-corrected chi connectivity index (χ1v) is 11.5. The maximum atomic E-state index is 13.5. The van der Waals surface area contributed by atoms with Crippen LogP contribution in [0.2, 0.25) is 0 Å². The van der Waals surface area contributed by atoms with E-state index in [1.54, 1.807) is 42.5 Å². The maximum Gasteiger partial charge on any atom is 0.273 e. The summed E-state index contributed by atoms with van der Waals surface area (Å²) in [7, 11) is 1.60. The van der Waals surface area contributed by atoms with Crippen LogP contribution in [-0.4, -0.2) is 39.8 Å². The maximum absolute atomic E-state index is 13.5. The van der Waals surface area contributed by atoms with Gasteiger partial charge in [0.25, 0.3) is 5.91 Å². The van der Waals surface area contributed by atoms with E-state index in [1.807, 2.05) is 30.3 Å². The molecule has 1 amide bonds. The molecule has 2 aromatic carbocycles. The van der Waals surface area contributed by atoms with Crippen molar-refractivity contribution < 1.29 is 23.8 Å². The first-order chi connectivity index (χ1) is 17.0. The van der Waals surface area contributed by atoms with Gasteiger partial charge in [0.2, 0.25) is 0 Å². The molecule has 180 valence electrons. The Kier molecular flexibility index (Phi) is 5.94. The van der Waals surface area contributed by atoms with Gasteiger partial charge in [-0.25, -0.2) is 0 Å². The van der Waals surface area contributed by atoms with Crippen LogP contribution in [-0.2, 0) is 6.54 Å². The number of carbonyl (C=O) groups is 1. The van der Waals surface area contributed by atoms with Crippen LogP contribution in [0.1, 0.15) is 47.3 Å². The van der Waals surface area contributed by atoms with Crippen LogP contribution in [0, 0.1) is 5.92 Å². The van der Waals surface area contributed by atoms with Crippen molar-refractivity contribution in [3.8, 4) is 28.5 Å². The Morgan fingerprint density at radius 1 is 1.14 bits per heavy atom. The van der Waals surface area contributed by atoms with Gasteiger partial charge in [-0.2, -0.15) is 5.10 Å². The van der Waals surface area contributed by atoms with Gasteiger partial charge in [0.1, 0.15) is 22.9 Å². The number of hydrogen-bond donors (Lipinski definition) is 2. The molecule has 1 atom stereocenters. The molecule has 3 heterocycles. The third-order valence-electron chi connectivity index (χ3n) is 6.00. The van der Waals surface area contributed by atoms with Crippen LogP contribution in [0.3, 0.4) is 0 Å². The van der Waals surface area contributed by atoms with Crippen LogP contribution in [0.25, 0.3) is 11.3 Å². The highest BCUT2D eigenvalue weighted by Gasteiger charge is 2.43. The van der Waals surface area contributed by atoms with Crippen molar-refractivity contribution in [1.82, 2.24) is 15.1 Å². The summed E-state index contributed by atoms with van der Waals surface area (Å²) in [6.07, 6.45) is 1.59. The number of fused-ring (bicyclic) bond motifs is 1. The fraction of sp³-hybridized carbons (Fsp3) is 0.259. The van der Waals surface area contributed by atoms with Crippen molar-refractivity contribution in [2.45, 2.75) is 26.4 Å². The van der Waals surface area contributed by atoms with E-state index in [9.17, 15) is 9.90 Å². The van der Waals surface area contributed by atoms with Gasteiger partial charge < -0.3 is 23.9 Å². The molecule has 35 heavy (non-hydrogen) atoms. The lowest BCUT2D eigenvalue weighted by Gasteiger charge is -2.26. The number of hydrogen-bond acceptors (Lipinski definition) is 6. The van der Waals surface area contributed by atoms with Crippen LogP contribution in [0.4, 0.5) is 0 Å². The molecule has 2 N–H and O–H groups in total. The fourth-order valence-electron chi connectivity index (χ4n) is 4.39. The lowest BCUT2D eigenvalue weighted by Crippen LogP contribution is -2.29. The zero-order valence-electron chi connectivity index (χ0n) is 19.8. The van der Waals surface area contributed by atoms with E-state index < -0.39 is 6.04 Å². The molecule has 0 unspecified atom stereocenters. The Hall–Kier alpha value is -4.20. The summed E-state index contributed by atoms with van der Waals surface area (Å²) in [5.41, 5.74) is 2.99. The minimum absolute atomic E-state index is 0.0903. The van der Waals surface area contributed by atoms with E-state index in [-0.39, 0.29) is 18.2 Å². The third kappa shape index (κ3) is 4.12. The predicted molar refractivity (Wildman–Crippen MR) is 129 cm³/mol. The van der Waals surface area contributed by atoms with Crippen LogP contribution >= 0.6 is 0 Å². The normalized spacial score (nSPS) is 15.0. The number of phenols is 1. The molecule has 8 nitrogen and oxygen atoms in total. The second-order valence-electron chi connectivity index (χ2n) is 8.91. The van der Waals surface area contributed by atoms with Gasteiger partial charge >= 0.3 is 0 Å². The van der Waals surface area contributed by atoms with Crippen molar-refractivity contribution in [3.05, 3.63) is 83.4 Å². The van der Waals surface area contributed by atoms with Crippen molar-refractivity contribution in [2.24, 2.45) is 5.92 Å². The highest BCUT2D eigenvalue weighted by Crippen LogP contribution is 2.46. The summed E-state index contributed by atoms with van der Waals surface area (Å²) in [5, 5.41) is 17.9. The van der Waals surface area contributed by atoms with E-state index in [1.165, 1.54) is 0 Å². The van der Waals surface area contributed by atoms with Gasteiger partial charge in [-0.1, -0.05) is 32.0 Å². The van der Waals surface area contributed by atoms with Crippen molar-refractivity contribution in [2.75, 3.05) is 13.7 Å². The number of phenolic OH excluding ortho intramolecular Hbond substituents is 1. The smallest absolute Gasteiger partial charge is 0.273 e. The summed E-state index contributed by atoms with van der Waals surface area (Å²) < 4.78 is 17.1. The standard InChI is InChI=1S/C27H27N3O5/c1-16(2)15-35-21-11-10-17(13-22(21)33-3)26-23-24(19-8-4-5-9-20(19)31)28-29-25(23)27(32)30(26)14-18-7-6-12-34-18/h4-13,16,26,31H,14-15H2,1-3H3,(H,28,29)/t26-/m0/s1. The second-order valence-corrected chi connectivity index (χ2v) is 8.91. The lowest BCUT2D eigenvalue weighted by atomic mass is 9.95. The van der Waals surface area contributed by atoms with Gasteiger partial charge in [-0.15, -0.1) is 0 Å². The van der Waals surface area contributed by atoms with Crippen molar-refractivity contribution >= 4 is 5.91 Å². The van der Waals surface area contributed by atoms with Gasteiger partial charge in [0.15, 0.2) is 11.5 Å². The summed E-state index contributed by atoms with van der Waals surface area (Å²) in [6.45, 7) is 5.00. The average Bonchev–Trinajstić information content (AvgIpc) is 3.58. The zero-order chi connectivity index (χ0) is 24.5. The molecule has 0 spiro atoms. The van der Waals surface area contributed by atoms with Gasteiger partial charge in [0, 0.05) is 11.1 Å². The number of benzene rings is 2. The molecular weight excluding hydrogens is 446 g/mol. The summed E-state index contributed by atoms with van der Waals surface area (Å²) >= 11 is 0. The Labute approximate surface area is 203 Å². The van der Waals surface area contributed by atoms with E-state index in [0.717, 1.165) is 5.56 Å². The second kappa shape index (κ2) is 9.21. The first-order valence-electron chi connectivity index (χ1n) is 11.5. The number of carbonyl (C=O) groups excluding carboxylic acids is 1. The van der Waals surface area contributed by atoms with E-state index in [0.29, 0.717) is 52.3 Å². The summed E-state index contributed by atoms with van der Waals surface area (Å²) in [5.74, 6) is 2.14. The molecule has 1 aliphatic heterocycles. The fourth-order valence-corrected chi connectivity index (χ4v) is 4.39. The monoisotopic (exact) mass is 473 g/mol. The third-order valence-corrected chi connectivity index (χ3v) is 6.00. The van der Waals surface area contributed by atoms with Crippen molar-refractivity contribution in [3.63, 3.8) is 0 Å². The van der Waals surface area contributed by atoms with E-state index >= 15 is 0 Å². The highest BCUT2D eigenvalue weighted by molar-refractivity contribution is 6.00. The van der Waals surface area contributed by atoms with Gasteiger partial charge in [-0.3, -0.25) is 9.89 Å². The number of aromatic amines is 1. The van der Waals surface area contributed by atoms with Gasteiger partial charge in [0.05, 0.1) is 32.6 Å². The average molecular weight is 474 g/mol. The summed E-state index contributed by atoms with van der Waals surface area (Å²) in [4.78, 5) is 15.3. The first kappa shape index (κ1) is 22.6. The number of ether oxygens (including phenoxy) is 2. The molecule has 1 aliphatic rings. The molecule has 0 saturated heterocycles. The topological polar surface area (TPSA) is 101 Å². The molecule has 5 rings (SSSR count). The SMILES string of the molecule is COc1cc([C@H]2c3c(-c4ccccc4O)n[nH]c3C(=O)N2Cc2ccco2)ccc1OCC(C)C. The zero-order valence-corrected chi connectivity index (χ0v) is 19.8. The van der Waals surface area contributed by atoms with Crippen LogP contribution in [0.5, 0.6) is 17.2 Å². The predicted octanol–water partition coefficient (Wildman–Crippen LogP) is 5.16. The number of nitrogens with one attached hydrogen (secondary N) is 1. The number of H-pyrrole nitrogens is 1. The molecule has 2 aromatic heterocycles. The number of aromatic hydroxyl groups is 1. The number of amides is 1. The van der Waals surface area contributed by atoms with E-state index in [4.69, 9.17) is 13.9 Å². The van der Waals surface area contributed by atoms with E-state index in [2.05, 4.69) is 24.0 Å². The van der Waals surface area contributed by atoms with Crippen LogP contribution in [0.15, 0.2) is 65.3 Å². The number of methoxy groups -OCH3 is 1. The van der Waals surface area contributed by atoms with Gasteiger partial charge in [-0.05, 0) is 47.9 Å². The van der Waals surface area contributed by atoms with Crippen molar-refractivity contribution in [1.29, 1.82) is 0 Å². The number of para-hydroxylation sites is 1. The largest absolute Gasteiger partial charge is 0.507 e. The number of aromatic nitrogens is 2. The Morgan fingerprint density at radius 3 is 2.69 bits per heavy atom. The lowest BCUT2D eigenvalue weighted by molar-refractivity contribution is 0.0716. The Morgan fingerprint density at radius 2 is 1.97 bits per heavy atom. The minimum Gasteiger partial charge on any atom is -0.507 e. The molecule has 0 saturated carbocycles. The number of furan rings is 1. The molecule has 4 aromatic rings. The Bertz CT molecular complexity index is 1340. The quantitative estimate of drug-likeness (QED) is 0.366. The Balaban J connectivity index is 1.63. The summed E-state index contributed by atoms with van der Waals surface area (Å²) in [6, 6.07) is 15.8. The molecular formula is C27H27N3O5. The molecule has 8 heteroatoms. The molecule has 0 aliphatic carbocycles. The number of nitrogens with zero attached hydrogens (tertiary/aromatic N) is 2.